The number of methoxy groups -OCH3 is 1. The third-order valence-corrected chi connectivity index (χ3v) is 7.10. The summed E-state index contributed by atoms with van der Waals surface area (Å²) in [5.41, 5.74) is 1.50. The molecular formula is C26H26ClN3O4. The van der Waals surface area contributed by atoms with Crippen LogP contribution in [0.5, 0.6) is 5.75 Å². The highest BCUT2D eigenvalue weighted by atomic mass is 35.5. The van der Waals surface area contributed by atoms with Crippen LogP contribution >= 0.6 is 11.6 Å². The maximum atomic E-state index is 13.5. The molecule has 0 radical (unpaired) electrons. The van der Waals surface area contributed by atoms with E-state index < -0.39 is 6.03 Å². The number of fused-ring (bicyclic) bond motifs is 2. The molecule has 5 rings (SSSR count). The Morgan fingerprint density at radius 1 is 1.12 bits per heavy atom. The van der Waals surface area contributed by atoms with E-state index in [0.717, 1.165) is 28.5 Å². The molecule has 1 saturated heterocycles. The Balaban J connectivity index is 1.36. The Morgan fingerprint density at radius 2 is 1.97 bits per heavy atom. The van der Waals surface area contributed by atoms with Gasteiger partial charge in [0.15, 0.2) is 0 Å². The van der Waals surface area contributed by atoms with Gasteiger partial charge in [-0.2, -0.15) is 0 Å². The van der Waals surface area contributed by atoms with Crippen molar-refractivity contribution in [1.29, 1.82) is 0 Å². The SMILES string of the molecule is COCCOc1ccc(Cl)c(C2CCC3C(=O)N(c4cncc5ccccc45)C(=O)NC3C2)c1. The van der Waals surface area contributed by atoms with E-state index >= 15 is 0 Å². The summed E-state index contributed by atoms with van der Waals surface area (Å²) in [5.74, 6) is 0.400. The van der Waals surface area contributed by atoms with Crippen LogP contribution in [0, 0.1) is 5.92 Å². The standard InChI is InChI=1S/C26H26ClN3O4/c1-33-10-11-34-18-7-9-22(27)21(13-18)16-6-8-20-23(12-16)29-26(32)30(25(20)31)24-15-28-14-17-4-2-3-5-19(17)24/h2-5,7,9,13-16,20,23H,6,8,10-12H2,1H3,(H,29,32). The summed E-state index contributed by atoms with van der Waals surface area (Å²) in [7, 11) is 1.63. The highest BCUT2D eigenvalue weighted by Crippen LogP contribution is 2.42. The van der Waals surface area contributed by atoms with Crippen LogP contribution < -0.4 is 15.0 Å². The summed E-state index contributed by atoms with van der Waals surface area (Å²) in [6, 6.07) is 12.6. The number of pyridine rings is 1. The molecule has 1 aliphatic heterocycles. The molecule has 3 aromatic rings. The fourth-order valence-electron chi connectivity index (χ4n) is 5.07. The van der Waals surface area contributed by atoms with E-state index in [0.29, 0.717) is 36.8 Å². The number of benzene rings is 2. The van der Waals surface area contributed by atoms with Crippen molar-refractivity contribution in [2.75, 3.05) is 25.2 Å². The van der Waals surface area contributed by atoms with Crippen molar-refractivity contribution in [3.63, 3.8) is 0 Å². The molecule has 1 aliphatic carbocycles. The van der Waals surface area contributed by atoms with Gasteiger partial charge in [0.25, 0.3) is 0 Å². The summed E-state index contributed by atoms with van der Waals surface area (Å²) in [4.78, 5) is 32.1. The van der Waals surface area contributed by atoms with Gasteiger partial charge in [0, 0.05) is 35.1 Å². The molecule has 1 N–H and O–H groups in total. The monoisotopic (exact) mass is 479 g/mol. The number of imide groups is 1. The summed E-state index contributed by atoms with van der Waals surface area (Å²) in [6.45, 7) is 0.957. The van der Waals surface area contributed by atoms with Gasteiger partial charge in [-0.25, -0.2) is 9.69 Å². The maximum Gasteiger partial charge on any atom is 0.329 e. The van der Waals surface area contributed by atoms with Crippen molar-refractivity contribution in [2.45, 2.75) is 31.2 Å². The van der Waals surface area contributed by atoms with Crippen LogP contribution in [-0.4, -0.2) is 43.3 Å². The van der Waals surface area contributed by atoms with Crippen molar-refractivity contribution in [1.82, 2.24) is 10.3 Å². The van der Waals surface area contributed by atoms with E-state index in [1.807, 2.05) is 42.5 Å². The van der Waals surface area contributed by atoms with Crippen molar-refractivity contribution in [3.05, 3.63) is 65.4 Å². The van der Waals surface area contributed by atoms with Crippen LogP contribution in [0.1, 0.15) is 30.7 Å². The number of carbonyl (C=O) groups is 2. The van der Waals surface area contributed by atoms with Crippen molar-refractivity contribution < 1.29 is 19.1 Å². The molecule has 1 saturated carbocycles. The quantitative estimate of drug-likeness (QED) is 0.507. The topological polar surface area (TPSA) is 80.8 Å². The molecule has 3 amide bonds. The zero-order valence-electron chi connectivity index (χ0n) is 18.9. The Morgan fingerprint density at radius 3 is 2.82 bits per heavy atom. The van der Waals surface area contributed by atoms with Crippen LogP contribution in [0.15, 0.2) is 54.9 Å². The number of hydrogen-bond donors (Lipinski definition) is 1. The number of aromatic nitrogens is 1. The second kappa shape index (κ2) is 9.60. The predicted molar refractivity (Wildman–Crippen MR) is 130 cm³/mol. The van der Waals surface area contributed by atoms with Gasteiger partial charge in [0.1, 0.15) is 12.4 Å². The number of urea groups is 1. The van der Waals surface area contributed by atoms with Crippen LogP contribution in [0.2, 0.25) is 5.02 Å². The van der Waals surface area contributed by atoms with Gasteiger partial charge in [-0.15, -0.1) is 0 Å². The average Bonchev–Trinajstić information content (AvgIpc) is 2.85. The minimum Gasteiger partial charge on any atom is -0.491 e. The highest BCUT2D eigenvalue weighted by Gasteiger charge is 2.45. The van der Waals surface area contributed by atoms with E-state index in [1.54, 1.807) is 19.5 Å². The highest BCUT2D eigenvalue weighted by molar-refractivity contribution is 6.31. The van der Waals surface area contributed by atoms with E-state index in [-0.39, 0.29) is 23.8 Å². The van der Waals surface area contributed by atoms with E-state index in [4.69, 9.17) is 21.1 Å². The summed E-state index contributed by atoms with van der Waals surface area (Å²) < 4.78 is 10.8. The summed E-state index contributed by atoms with van der Waals surface area (Å²) >= 11 is 6.53. The van der Waals surface area contributed by atoms with Crippen LogP contribution in [0.3, 0.4) is 0 Å². The number of anilines is 1. The normalized spacial score (nSPS) is 22.4. The lowest BCUT2D eigenvalue weighted by molar-refractivity contribution is -0.124. The fourth-order valence-corrected chi connectivity index (χ4v) is 5.34. The Labute approximate surface area is 203 Å². The molecule has 2 aliphatic rings. The third-order valence-electron chi connectivity index (χ3n) is 6.75. The van der Waals surface area contributed by atoms with Gasteiger partial charge in [0.2, 0.25) is 5.91 Å². The van der Waals surface area contributed by atoms with Crippen molar-refractivity contribution in [3.8, 4) is 5.75 Å². The first-order chi connectivity index (χ1) is 16.6. The number of nitrogens with zero attached hydrogens (tertiary/aromatic N) is 2. The Hall–Kier alpha value is -3.16. The minimum atomic E-state index is -0.409. The second-order valence-corrected chi connectivity index (χ2v) is 9.16. The molecule has 7 nitrogen and oxygen atoms in total. The number of nitrogens with one attached hydrogen (secondary N) is 1. The molecule has 34 heavy (non-hydrogen) atoms. The van der Waals surface area contributed by atoms with Crippen molar-refractivity contribution >= 4 is 40.0 Å². The average molecular weight is 480 g/mol. The number of amides is 3. The second-order valence-electron chi connectivity index (χ2n) is 8.75. The molecule has 8 heteroatoms. The van der Waals surface area contributed by atoms with Gasteiger partial charge >= 0.3 is 6.03 Å². The first kappa shape index (κ1) is 22.6. The lowest BCUT2D eigenvalue weighted by atomic mass is 9.74. The Bertz CT molecular complexity index is 1230. The van der Waals surface area contributed by atoms with Crippen LogP contribution in [0.25, 0.3) is 10.8 Å². The lowest BCUT2D eigenvalue weighted by Crippen LogP contribution is -2.61. The molecule has 2 fully saturated rings. The third kappa shape index (κ3) is 4.21. The largest absolute Gasteiger partial charge is 0.491 e. The minimum absolute atomic E-state index is 0.124. The number of rotatable bonds is 6. The van der Waals surface area contributed by atoms with Crippen LogP contribution in [0.4, 0.5) is 10.5 Å². The summed E-state index contributed by atoms with van der Waals surface area (Å²) in [5, 5.41) is 5.46. The molecule has 2 heterocycles. The number of ether oxygens (including phenoxy) is 2. The van der Waals surface area contributed by atoms with E-state index in [2.05, 4.69) is 10.3 Å². The number of carbonyl (C=O) groups excluding carboxylic acids is 2. The van der Waals surface area contributed by atoms with Gasteiger partial charge in [-0.1, -0.05) is 35.9 Å². The zero-order valence-corrected chi connectivity index (χ0v) is 19.6. The van der Waals surface area contributed by atoms with Gasteiger partial charge < -0.3 is 14.8 Å². The fraction of sp³-hybridized carbons (Fsp3) is 0.346. The Kier molecular flexibility index (Phi) is 6.39. The first-order valence-corrected chi connectivity index (χ1v) is 11.8. The molecular weight excluding hydrogens is 454 g/mol. The zero-order chi connectivity index (χ0) is 23.7. The van der Waals surface area contributed by atoms with Gasteiger partial charge in [-0.3, -0.25) is 9.78 Å². The molecule has 0 bridgehead atoms. The maximum absolute atomic E-state index is 13.5. The predicted octanol–water partition coefficient (Wildman–Crippen LogP) is 4.92. The molecule has 176 valence electrons. The molecule has 0 spiro atoms. The number of hydrogen-bond acceptors (Lipinski definition) is 5. The first-order valence-electron chi connectivity index (χ1n) is 11.4. The molecule has 1 aromatic heterocycles. The lowest BCUT2D eigenvalue weighted by Gasteiger charge is -2.42. The van der Waals surface area contributed by atoms with E-state index in [1.165, 1.54) is 4.90 Å². The van der Waals surface area contributed by atoms with Crippen molar-refractivity contribution in [2.24, 2.45) is 5.92 Å². The molecule has 3 unspecified atom stereocenters. The van der Waals surface area contributed by atoms with Gasteiger partial charge in [0.05, 0.1) is 24.4 Å². The van der Waals surface area contributed by atoms with Gasteiger partial charge in [-0.05, 0) is 48.9 Å². The molecule has 3 atom stereocenters. The van der Waals surface area contributed by atoms with Crippen LogP contribution in [-0.2, 0) is 9.53 Å². The smallest absolute Gasteiger partial charge is 0.329 e. The molecule has 2 aromatic carbocycles. The summed E-state index contributed by atoms with van der Waals surface area (Å²) in [6.07, 6.45) is 5.42. The number of halogens is 1. The van der Waals surface area contributed by atoms with E-state index in [9.17, 15) is 9.59 Å².